The molecule has 0 radical (unpaired) electrons. The summed E-state index contributed by atoms with van der Waals surface area (Å²) in [5, 5.41) is 3.42. The van der Waals surface area contributed by atoms with Crippen LogP contribution in [0.25, 0.3) is 0 Å². The molecule has 1 aromatic heterocycles. The Labute approximate surface area is 217 Å². The Hall–Kier alpha value is -0.913. The molecule has 0 aliphatic carbocycles. The van der Waals surface area contributed by atoms with Gasteiger partial charge in [0, 0.05) is 31.3 Å². The molecule has 0 aromatic carbocycles. The van der Waals surface area contributed by atoms with Crippen molar-refractivity contribution in [2.45, 2.75) is 110 Å². The van der Waals surface area contributed by atoms with Gasteiger partial charge in [0.05, 0.1) is 18.8 Å². The highest BCUT2D eigenvalue weighted by Crippen LogP contribution is 2.46. The SMILES string of the molecule is COP(OC(C)CCNC(C)C)OC1CC(n2cc(C)c(=O)[nH]c2=O)OC1CO[Si](C)(C)C(C)(C)C. The Bertz CT molecular complexity index is 947. The van der Waals surface area contributed by atoms with Crippen molar-refractivity contribution < 1.29 is 22.7 Å². The number of ether oxygens (including phenoxy) is 1. The lowest BCUT2D eigenvalue weighted by molar-refractivity contribution is -0.0426. The molecule has 208 valence electrons. The standard InChI is InChI=1S/C24H46N3O7PSi/c1-16(2)25-12-11-18(4)33-35(30-8)34-19-13-21(27-14-17(3)22(28)26-23(27)29)32-20(19)15-31-36(9,10)24(5,6)7/h14,16,18-21,25H,11-13,15H2,1-10H3,(H,26,28,29). The molecule has 0 amide bonds. The number of hydrogen-bond acceptors (Lipinski definition) is 8. The molecule has 2 N–H and O–H groups in total. The smallest absolute Gasteiger partial charge is 0.333 e. The Morgan fingerprint density at radius 2 is 1.94 bits per heavy atom. The lowest BCUT2D eigenvalue weighted by Crippen LogP contribution is -2.44. The van der Waals surface area contributed by atoms with Gasteiger partial charge in [-0.2, -0.15) is 0 Å². The van der Waals surface area contributed by atoms with E-state index in [0.717, 1.165) is 13.0 Å². The minimum atomic E-state index is -2.05. The first-order valence-corrected chi connectivity index (χ1v) is 16.7. The molecular formula is C24H46N3O7PSi. The second-order valence-electron chi connectivity index (χ2n) is 11.3. The average molecular weight is 548 g/mol. The van der Waals surface area contributed by atoms with E-state index in [1.807, 2.05) is 6.92 Å². The molecular weight excluding hydrogens is 501 g/mol. The normalized spacial score (nSPS) is 22.8. The summed E-state index contributed by atoms with van der Waals surface area (Å²) in [6, 6.07) is 0.409. The van der Waals surface area contributed by atoms with Crippen molar-refractivity contribution in [2.75, 3.05) is 20.3 Å². The maximum Gasteiger partial charge on any atom is 0.333 e. The first-order valence-electron chi connectivity index (χ1n) is 12.7. The van der Waals surface area contributed by atoms with Gasteiger partial charge in [0.15, 0.2) is 8.32 Å². The molecule has 12 heteroatoms. The molecule has 5 unspecified atom stereocenters. The summed E-state index contributed by atoms with van der Waals surface area (Å²) in [6.07, 6.45) is 1.23. The molecule has 1 saturated heterocycles. The first-order chi connectivity index (χ1) is 16.6. The molecule has 2 rings (SSSR count). The largest absolute Gasteiger partial charge is 0.414 e. The fourth-order valence-corrected chi connectivity index (χ4v) is 5.51. The van der Waals surface area contributed by atoms with Crippen molar-refractivity contribution >= 4 is 16.9 Å². The Morgan fingerprint density at radius 3 is 2.53 bits per heavy atom. The number of aryl methyl sites for hydroxylation is 1. The highest BCUT2D eigenvalue weighted by Gasteiger charge is 2.43. The van der Waals surface area contributed by atoms with Crippen LogP contribution >= 0.6 is 8.60 Å². The van der Waals surface area contributed by atoms with E-state index >= 15 is 0 Å². The number of H-pyrrole nitrogens is 1. The predicted molar refractivity (Wildman–Crippen MR) is 145 cm³/mol. The van der Waals surface area contributed by atoms with Gasteiger partial charge in [-0.05, 0) is 44.9 Å². The van der Waals surface area contributed by atoms with Crippen molar-refractivity contribution in [1.29, 1.82) is 0 Å². The Balaban J connectivity index is 2.17. The van der Waals surface area contributed by atoms with Gasteiger partial charge >= 0.3 is 14.3 Å². The zero-order valence-corrected chi connectivity index (χ0v) is 25.4. The van der Waals surface area contributed by atoms with E-state index in [2.05, 4.69) is 58.0 Å². The fraction of sp³-hybridized carbons (Fsp3) is 0.833. The van der Waals surface area contributed by atoms with Crippen LogP contribution in [-0.4, -0.2) is 62.5 Å². The first kappa shape index (κ1) is 31.3. The van der Waals surface area contributed by atoms with E-state index in [4.69, 9.17) is 22.7 Å². The van der Waals surface area contributed by atoms with Gasteiger partial charge in [0.1, 0.15) is 12.3 Å². The molecule has 1 fully saturated rings. The molecule has 1 aliphatic heterocycles. The van der Waals surface area contributed by atoms with Crippen LogP contribution in [0.5, 0.6) is 0 Å². The number of nitrogens with one attached hydrogen (secondary N) is 2. The molecule has 0 spiro atoms. The summed E-state index contributed by atoms with van der Waals surface area (Å²) in [6.45, 7) is 19.9. The molecule has 0 bridgehead atoms. The molecule has 0 saturated carbocycles. The molecule has 1 aromatic rings. The second-order valence-corrected chi connectivity index (χ2v) is 17.3. The number of aromatic amines is 1. The van der Waals surface area contributed by atoms with E-state index in [1.54, 1.807) is 14.0 Å². The molecule has 5 atom stereocenters. The van der Waals surface area contributed by atoms with Crippen LogP contribution < -0.4 is 16.6 Å². The summed E-state index contributed by atoms with van der Waals surface area (Å²) in [4.78, 5) is 26.7. The highest BCUT2D eigenvalue weighted by atomic mass is 31.2. The molecule has 10 nitrogen and oxygen atoms in total. The number of nitrogens with zero attached hydrogens (tertiary/aromatic N) is 1. The summed E-state index contributed by atoms with van der Waals surface area (Å²) in [5.41, 5.74) is -0.489. The number of hydrogen-bond donors (Lipinski definition) is 2. The van der Waals surface area contributed by atoms with Gasteiger partial charge in [-0.25, -0.2) is 4.79 Å². The lowest BCUT2D eigenvalue weighted by atomic mass is 10.2. The van der Waals surface area contributed by atoms with Crippen molar-refractivity contribution in [3.63, 3.8) is 0 Å². The van der Waals surface area contributed by atoms with E-state index in [9.17, 15) is 9.59 Å². The fourth-order valence-electron chi connectivity index (χ4n) is 3.44. The summed E-state index contributed by atoms with van der Waals surface area (Å²) >= 11 is 0. The van der Waals surface area contributed by atoms with Gasteiger partial charge in [-0.1, -0.05) is 34.6 Å². The maximum atomic E-state index is 12.5. The minimum absolute atomic E-state index is 0.0377. The number of rotatable bonds is 13. The molecule has 36 heavy (non-hydrogen) atoms. The lowest BCUT2D eigenvalue weighted by Gasteiger charge is -2.37. The maximum absolute atomic E-state index is 12.5. The quantitative estimate of drug-likeness (QED) is 0.279. The van der Waals surface area contributed by atoms with Gasteiger partial charge in [-0.3, -0.25) is 14.3 Å². The Morgan fingerprint density at radius 1 is 1.28 bits per heavy atom. The van der Waals surface area contributed by atoms with Crippen LogP contribution in [0.4, 0.5) is 0 Å². The predicted octanol–water partition coefficient (Wildman–Crippen LogP) is 4.21. The summed E-state index contributed by atoms with van der Waals surface area (Å²) in [7, 11) is -2.11. The van der Waals surface area contributed by atoms with E-state index in [-0.39, 0.29) is 11.1 Å². The van der Waals surface area contributed by atoms with E-state index in [0.29, 0.717) is 24.6 Å². The monoisotopic (exact) mass is 547 g/mol. The van der Waals surface area contributed by atoms with Crippen molar-refractivity contribution in [1.82, 2.24) is 14.9 Å². The van der Waals surface area contributed by atoms with Crippen LogP contribution in [0.1, 0.15) is 66.2 Å². The van der Waals surface area contributed by atoms with Crippen molar-refractivity contribution in [3.8, 4) is 0 Å². The van der Waals surface area contributed by atoms with Gasteiger partial charge in [0.2, 0.25) is 0 Å². The van der Waals surface area contributed by atoms with Gasteiger partial charge in [-0.15, -0.1) is 0 Å². The summed E-state index contributed by atoms with van der Waals surface area (Å²) in [5.74, 6) is 0. The van der Waals surface area contributed by atoms with Crippen LogP contribution in [0.15, 0.2) is 15.8 Å². The van der Waals surface area contributed by atoms with Crippen molar-refractivity contribution in [3.05, 3.63) is 32.6 Å². The molecule has 1 aliphatic rings. The third kappa shape index (κ3) is 8.84. The van der Waals surface area contributed by atoms with Gasteiger partial charge in [0.25, 0.3) is 5.56 Å². The third-order valence-electron chi connectivity index (χ3n) is 6.79. The zero-order chi connectivity index (χ0) is 27.3. The highest BCUT2D eigenvalue weighted by molar-refractivity contribution is 7.41. The third-order valence-corrected chi connectivity index (χ3v) is 12.6. The van der Waals surface area contributed by atoms with Crippen molar-refractivity contribution in [2.24, 2.45) is 0 Å². The topological polar surface area (TPSA) is 113 Å². The van der Waals surface area contributed by atoms with Crippen LogP contribution in [0.2, 0.25) is 18.1 Å². The van der Waals surface area contributed by atoms with Crippen LogP contribution in [-0.2, 0) is 22.7 Å². The number of aromatic nitrogens is 2. The zero-order valence-electron chi connectivity index (χ0n) is 23.5. The Kier molecular flexibility index (Phi) is 11.5. The van der Waals surface area contributed by atoms with Crippen LogP contribution in [0.3, 0.4) is 0 Å². The molecule has 2 heterocycles. The van der Waals surface area contributed by atoms with Gasteiger partial charge < -0.3 is 28.1 Å². The van der Waals surface area contributed by atoms with E-state index < -0.39 is 46.6 Å². The second kappa shape index (κ2) is 13.2. The average Bonchev–Trinajstić information content (AvgIpc) is 3.15. The van der Waals surface area contributed by atoms with Crippen LogP contribution in [0, 0.1) is 6.92 Å². The summed E-state index contributed by atoms with van der Waals surface area (Å²) < 4.78 is 32.1. The minimum Gasteiger partial charge on any atom is -0.414 e. The van der Waals surface area contributed by atoms with E-state index in [1.165, 1.54) is 10.8 Å².